The SMILES string of the molecule is COC(=O)c1cccc(N)c1NCCc1cnn(C)c1. The molecule has 0 aliphatic rings. The highest BCUT2D eigenvalue weighted by atomic mass is 16.5. The first-order valence-electron chi connectivity index (χ1n) is 6.30. The van der Waals surface area contributed by atoms with Crippen LogP contribution in [0.3, 0.4) is 0 Å². The molecule has 0 spiro atoms. The number of nitrogen functional groups attached to an aromatic ring is 1. The number of nitrogens with one attached hydrogen (secondary N) is 1. The predicted octanol–water partition coefficient (Wildman–Crippen LogP) is 1.44. The number of para-hydroxylation sites is 1. The molecule has 0 fully saturated rings. The maximum absolute atomic E-state index is 11.7. The van der Waals surface area contributed by atoms with E-state index < -0.39 is 5.97 Å². The molecule has 2 aromatic rings. The summed E-state index contributed by atoms with van der Waals surface area (Å²) in [6.45, 7) is 0.657. The number of aromatic nitrogens is 2. The van der Waals surface area contributed by atoms with E-state index in [1.807, 2.05) is 19.4 Å². The van der Waals surface area contributed by atoms with Gasteiger partial charge in [0, 0.05) is 19.8 Å². The topological polar surface area (TPSA) is 82.2 Å². The van der Waals surface area contributed by atoms with Crippen LogP contribution in [0.25, 0.3) is 0 Å². The second kappa shape index (κ2) is 6.10. The summed E-state index contributed by atoms with van der Waals surface area (Å²) in [5.41, 5.74) is 8.61. The summed E-state index contributed by atoms with van der Waals surface area (Å²) >= 11 is 0. The maximum atomic E-state index is 11.7. The number of aryl methyl sites for hydroxylation is 1. The van der Waals surface area contributed by atoms with E-state index in [9.17, 15) is 4.79 Å². The lowest BCUT2D eigenvalue weighted by atomic mass is 10.1. The largest absolute Gasteiger partial charge is 0.465 e. The summed E-state index contributed by atoms with van der Waals surface area (Å²) in [5.74, 6) is -0.402. The zero-order valence-electron chi connectivity index (χ0n) is 11.6. The molecule has 0 saturated carbocycles. The number of methoxy groups -OCH3 is 1. The van der Waals surface area contributed by atoms with Crippen molar-refractivity contribution >= 4 is 17.3 Å². The number of nitrogens with zero attached hydrogens (tertiary/aromatic N) is 2. The maximum Gasteiger partial charge on any atom is 0.340 e. The van der Waals surface area contributed by atoms with E-state index in [1.165, 1.54) is 7.11 Å². The summed E-state index contributed by atoms with van der Waals surface area (Å²) in [7, 11) is 3.23. The molecule has 20 heavy (non-hydrogen) atoms. The molecule has 0 atom stereocenters. The molecule has 0 aliphatic carbocycles. The molecule has 6 heteroatoms. The number of esters is 1. The monoisotopic (exact) mass is 274 g/mol. The third kappa shape index (κ3) is 3.09. The van der Waals surface area contributed by atoms with Gasteiger partial charge in [-0.15, -0.1) is 0 Å². The number of benzene rings is 1. The van der Waals surface area contributed by atoms with E-state index in [-0.39, 0.29) is 0 Å². The van der Waals surface area contributed by atoms with Crippen LogP contribution in [-0.2, 0) is 18.2 Å². The molecule has 1 aromatic heterocycles. The van der Waals surface area contributed by atoms with Gasteiger partial charge in [-0.2, -0.15) is 5.10 Å². The molecule has 0 radical (unpaired) electrons. The number of nitrogens with two attached hydrogens (primary N) is 1. The Morgan fingerprint density at radius 2 is 2.30 bits per heavy atom. The minimum absolute atomic E-state index is 0.402. The van der Waals surface area contributed by atoms with Crippen molar-refractivity contribution in [3.8, 4) is 0 Å². The molecule has 1 heterocycles. The van der Waals surface area contributed by atoms with Gasteiger partial charge in [0.15, 0.2) is 0 Å². The minimum Gasteiger partial charge on any atom is -0.465 e. The minimum atomic E-state index is -0.402. The average Bonchev–Trinajstić information content (AvgIpc) is 2.85. The fourth-order valence-corrected chi connectivity index (χ4v) is 1.98. The van der Waals surface area contributed by atoms with Crippen molar-refractivity contribution in [3.05, 3.63) is 41.7 Å². The van der Waals surface area contributed by atoms with Crippen molar-refractivity contribution in [2.75, 3.05) is 24.7 Å². The van der Waals surface area contributed by atoms with E-state index in [0.29, 0.717) is 23.5 Å². The van der Waals surface area contributed by atoms with Crippen LogP contribution in [0.15, 0.2) is 30.6 Å². The van der Waals surface area contributed by atoms with Gasteiger partial charge in [-0.25, -0.2) is 4.79 Å². The molecule has 0 unspecified atom stereocenters. The molecule has 6 nitrogen and oxygen atoms in total. The molecule has 0 aliphatic heterocycles. The number of ether oxygens (including phenoxy) is 1. The van der Waals surface area contributed by atoms with Crippen LogP contribution in [0.1, 0.15) is 15.9 Å². The Hall–Kier alpha value is -2.50. The molecule has 2 rings (SSSR count). The second-order valence-electron chi connectivity index (χ2n) is 4.46. The van der Waals surface area contributed by atoms with Crippen LogP contribution in [0, 0.1) is 0 Å². The number of carbonyl (C=O) groups excluding carboxylic acids is 1. The van der Waals surface area contributed by atoms with Gasteiger partial charge in [0.05, 0.1) is 30.2 Å². The van der Waals surface area contributed by atoms with E-state index in [4.69, 9.17) is 10.5 Å². The molecule has 106 valence electrons. The number of rotatable bonds is 5. The lowest BCUT2D eigenvalue weighted by Gasteiger charge is -2.12. The Labute approximate surface area is 117 Å². The lowest BCUT2D eigenvalue weighted by Crippen LogP contribution is -2.12. The number of anilines is 2. The van der Waals surface area contributed by atoms with Crippen LogP contribution in [0.2, 0.25) is 0 Å². The first-order chi connectivity index (χ1) is 9.61. The van der Waals surface area contributed by atoms with Crippen molar-refractivity contribution < 1.29 is 9.53 Å². The summed E-state index contributed by atoms with van der Waals surface area (Å²) in [6, 6.07) is 5.17. The number of hydrogen-bond acceptors (Lipinski definition) is 5. The molecule has 0 amide bonds. The van der Waals surface area contributed by atoms with E-state index in [0.717, 1.165) is 12.0 Å². The zero-order chi connectivity index (χ0) is 14.5. The van der Waals surface area contributed by atoms with Gasteiger partial charge < -0.3 is 15.8 Å². The first-order valence-corrected chi connectivity index (χ1v) is 6.30. The van der Waals surface area contributed by atoms with Crippen molar-refractivity contribution in [1.82, 2.24) is 9.78 Å². The summed E-state index contributed by atoms with van der Waals surface area (Å²) in [6.07, 6.45) is 4.57. The molecule has 3 N–H and O–H groups in total. The Kier molecular flexibility index (Phi) is 4.24. The average molecular weight is 274 g/mol. The standard InChI is InChI=1S/C14H18N4O2/c1-18-9-10(8-17-18)6-7-16-13-11(14(19)20-2)4-3-5-12(13)15/h3-5,8-9,16H,6-7,15H2,1-2H3. The molecular weight excluding hydrogens is 256 g/mol. The number of carbonyl (C=O) groups is 1. The quantitative estimate of drug-likeness (QED) is 0.637. The Morgan fingerprint density at radius 1 is 1.50 bits per heavy atom. The van der Waals surface area contributed by atoms with Gasteiger partial charge in [0.2, 0.25) is 0 Å². The summed E-state index contributed by atoms with van der Waals surface area (Å²) < 4.78 is 6.51. The fraction of sp³-hybridized carbons (Fsp3) is 0.286. The Morgan fingerprint density at radius 3 is 2.95 bits per heavy atom. The van der Waals surface area contributed by atoms with E-state index in [1.54, 1.807) is 22.9 Å². The van der Waals surface area contributed by atoms with Gasteiger partial charge in [-0.05, 0) is 24.1 Å². The van der Waals surface area contributed by atoms with Crippen molar-refractivity contribution in [3.63, 3.8) is 0 Å². The third-order valence-electron chi connectivity index (χ3n) is 2.98. The van der Waals surface area contributed by atoms with Crippen LogP contribution in [0.5, 0.6) is 0 Å². The van der Waals surface area contributed by atoms with Gasteiger partial charge in [-0.1, -0.05) is 6.07 Å². The van der Waals surface area contributed by atoms with E-state index >= 15 is 0 Å². The highest BCUT2D eigenvalue weighted by molar-refractivity contribution is 5.98. The van der Waals surface area contributed by atoms with Crippen molar-refractivity contribution in [2.45, 2.75) is 6.42 Å². The van der Waals surface area contributed by atoms with Crippen LogP contribution >= 0.6 is 0 Å². The lowest BCUT2D eigenvalue weighted by molar-refractivity contribution is 0.0602. The number of hydrogen-bond donors (Lipinski definition) is 2. The Balaban J connectivity index is 2.06. The Bertz CT molecular complexity index is 607. The second-order valence-corrected chi connectivity index (χ2v) is 4.46. The first kappa shape index (κ1) is 13.9. The van der Waals surface area contributed by atoms with Crippen molar-refractivity contribution in [1.29, 1.82) is 0 Å². The van der Waals surface area contributed by atoms with Crippen LogP contribution < -0.4 is 11.1 Å². The normalized spacial score (nSPS) is 10.3. The van der Waals surface area contributed by atoms with Gasteiger partial charge in [-0.3, -0.25) is 4.68 Å². The predicted molar refractivity (Wildman–Crippen MR) is 77.6 cm³/mol. The smallest absolute Gasteiger partial charge is 0.340 e. The molecule has 1 aromatic carbocycles. The molecule has 0 bridgehead atoms. The third-order valence-corrected chi connectivity index (χ3v) is 2.98. The van der Waals surface area contributed by atoms with Gasteiger partial charge in [0.25, 0.3) is 0 Å². The zero-order valence-corrected chi connectivity index (χ0v) is 11.6. The van der Waals surface area contributed by atoms with Gasteiger partial charge in [0.1, 0.15) is 0 Å². The summed E-state index contributed by atoms with van der Waals surface area (Å²) in [4.78, 5) is 11.7. The summed E-state index contributed by atoms with van der Waals surface area (Å²) in [5, 5.41) is 7.30. The highest BCUT2D eigenvalue weighted by Crippen LogP contribution is 2.24. The van der Waals surface area contributed by atoms with Gasteiger partial charge >= 0.3 is 5.97 Å². The fourth-order valence-electron chi connectivity index (χ4n) is 1.98. The highest BCUT2D eigenvalue weighted by Gasteiger charge is 2.13. The van der Waals surface area contributed by atoms with Crippen molar-refractivity contribution in [2.24, 2.45) is 7.05 Å². The van der Waals surface area contributed by atoms with E-state index in [2.05, 4.69) is 10.4 Å². The van der Waals surface area contributed by atoms with Crippen LogP contribution in [-0.4, -0.2) is 29.4 Å². The van der Waals surface area contributed by atoms with Crippen LogP contribution in [0.4, 0.5) is 11.4 Å². The molecular formula is C14H18N4O2. The molecule has 0 saturated heterocycles.